The van der Waals surface area contributed by atoms with E-state index < -0.39 is 0 Å². The Morgan fingerprint density at radius 3 is 2.48 bits per heavy atom. The number of rotatable bonds is 6. The molecule has 0 saturated heterocycles. The number of nitrogens with zero attached hydrogens (tertiary/aromatic N) is 1. The average molecular weight is 310 g/mol. The quantitative estimate of drug-likeness (QED) is 0.564. The molecule has 120 valence electrons. The molecule has 5 nitrogen and oxygen atoms in total. The zero-order valence-corrected chi connectivity index (χ0v) is 13.3. The number of benzene rings is 2. The Bertz CT molecular complexity index is 650. The van der Waals surface area contributed by atoms with Crippen molar-refractivity contribution in [1.82, 2.24) is 5.32 Å². The van der Waals surface area contributed by atoms with Gasteiger partial charge in [-0.05, 0) is 31.0 Å². The van der Waals surface area contributed by atoms with Gasteiger partial charge in [-0.1, -0.05) is 48.0 Å². The van der Waals surface area contributed by atoms with Crippen molar-refractivity contribution < 1.29 is 4.79 Å². The summed E-state index contributed by atoms with van der Waals surface area (Å²) in [7, 11) is 0. The number of anilines is 1. The first-order chi connectivity index (χ1) is 11.1. The first-order valence-electron chi connectivity index (χ1n) is 7.58. The molecule has 0 spiro atoms. The topological polar surface area (TPSA) is 79.5 Å². The van der Waals surface area contributed by atoms with Crippen LogP contribution in [0.15, 0.2) is 59.6 Å². The Morgan fingerprint density at radius 1 is 1.09 bits per heavy atom. The van der Waals surface area contributed by atoms with Crippen molar-refractivity contribution in [3.8, 4) is 0 Å². The maximum atomic E-state index is 11.7. The number of amides is 1. The van der Waals surface area contributed by atoms with Crippen LogP contribution in [-0.2, 0) is 11.2 Å². The van der Waals surface area contributed by atoms with Crippen LogP contribution in [0.5, 0.6) is 0 Å². The maximum absolute atomic E-state index is 11.7. The Morgan fingerprint density at radius 2 is 1.78 bits per heavy atom. The third kappa shape index (κ3) is 6.22. The summed E-state index contributed by atoms with van der Waals surface area (Å²) < 4.78 is 0. The monoisotopic (exact) mass is 310 g/mol. The minimum Gasteiger partial charge on any atom is -0.370 e. The summed E-state index contributed by atoms with van der Waals surface area (Å²) >= 11 is 0. The molecule has 0 heterocycles. The van der Waals surface area contributed by atoms with Crippen molar-refractivity contribution in [1.29, 1.82) is 0 Å². The molecule has 0 atom stereocenters. The fourth-order valence-electron chi connectivity index (χ4n) is 2.03. The molecular weight excluding hydrogens is 288 g/mol. The largest absolute Gasteiger partial charge is 0.370 e. The van der Waals surface area contributed by atoms with Crippen molar-refractivity contribution in [3.05, 3.63) is 65.7 Å². The molecule has 23 heavy (non-hydrogen) atoms. The Kier molecular flexibility index (Phi) is 6.17. The highest BCUT2D eigenvalue weighted by atomic mass is 16.1. The Balaban J connectivity index is 1.71. The number of nitrogens with one attached hydrogen (secondary N) is 2. The highest BCUT2D eigenvalue weighted by molar-refractivity contribution is 5.93. The maximum Gasteiger partial charge on any atom is 0.241 e. The van der Waals surface area contributed by atoms with Gasteiger partial charge in [0.1, 0.15) is 6.54 Å². The van der Waals surface area contributed by atoms with Crippen LogP contribution in [-0.4, -0.2) is 25.0 Å². The molecule has 2 rings (SSSR count). The molecule has 1 amide bonds. The van der Waals surface area contributed by atoms with Gasteiger partial charge in [-0.25, -0.2) is 4.99 Å². The zero-order valence-electron chi connectivity index (χ0n) is 13.3. The summed E-state index contributed by atoms with van der Waals surface area (Å²) in [4.78, 5) is 15.8. The Hall–Kier alpha value is -2.82. The van der Waals surface area contributed by atoms with E-state index in [0.717, 1.165) is 12.1 Å². The number of carbonyl (C=O) groups excluding carboxylic acids is 1. The fraction of sp³-hybridized carbons (Fsp3) is 0.222. The van der Waals surface area contributed by atoms with Crippen LogP contribution in [0.3, 0.4) is 0 Å². The number of aryl methyl sites for hydroxylation is 1. The van der Waals surface area contributed by atoms with Crippen LogP contribution in [0, 0.1) is 6.92 Å². The van der Waals surface area contributed by atoms with Gasteiger partial charge in [-0.15, -0.1) is 0 Å². The van der Waals surface area contributed by atoms with Crippen LogP contribution in [0.4, 0.5) is 5.69 Å². The van der Waals surface area contributed by atoms with E-state index in [1.54, 1.807) is 0 Å². The molecule has 2 aromatic carbocycles. The lowest BCUT2D eigenvalue weighted by Crippen LogP contribution is -2.30. The van der Waals surface area contributed by atoms with Crippen LogP contribution in [0.1, 0.15) is 11.1 Å². The number of aliphatic imine (C=N–C) groups is 1. The molecule has 0 aliphatic carbocycles. The Labute approximate surface area is 136 Å². The van der Waals surface area contributed by atoms with Crippen molar-refractivity contribution >= 4 is 17.6 Å². The molecule has 0 aliphatic heterocycles. The minimum absolute atomic E-state index is 0.0134. The number of carbonyl (C=O) groups is 1. The molecule has 0 radical (unpaired) electrons. The fourth-order valence-corrected chi connectivity index (χ4v) is 2.03. The average Bonchev–Trinajstić information content (AvgIpc) is 2.56. The summed E-state index contributed by atoms with van der Waals surface area (Å²) in [6.07, 6.45) is 0.799. The summed E-state index contributed by atoms with van der Waals surface area (Å²) in [5, 5.41) is 5.78. The first kappa shape index (κ1) is 16.5. The smallest absolute Gasteiger partial charge is 0.241 e. The second kappa shape index (κ2) is 8.58. The van der Waals surface area contributed by atoms with E-state index in [2.05, 4.69) is 15.6 Å². The zero-order chi connectivity index (χ0) is 16.5. The lowest BCUT2D eigenvalue weighted by molar-refractivity contribution is -0.119. The molecule has 0 fully saturated rings. The molecular formula is C18H22N4O. The summed E-state index contributed by atoms with van der Waals surface area (Å²) in [5.41, 5.74) is 8.98. The van der Waals surface area contributed by atoms with Gasteiger partial charge in [-0.2, -0.15) is 0 Å². The van der Waals surface area contributed by atoms with E-state index in [1.165, 1.54) is 11.1 Å². The van der Waals surface area contributed by atoms with E-state index in [0.29, 0.717) is 6.54 Å². The van der Waals surface area contributed by atoms with Gasteiger partial charge in [0.05, 0.1) is 0 Å². The van der Waals surface area contributed by atoms with Crippen LogP contribution in [0.2, 0.25) is 0 Å². The van der Waals surface area contributed by atoms with Crippen molar-refractivity contribution in [2.45, 2.75) is 13.3 Å². The molecule has 0 unspecified atom stereocenters. The summed E-state index contributed by atoms with van der Waals surface area (Å²) in [6.45, 7) is 2.62. The molecule has 0 saturated carbocycles. The van der Waals surface area contributed by atoms with Gasteiger partial charge >= 0.3 is 0 Å². The molecule has 0 aliphatic rings. The predicted octanol–water partition coefficient (Wildman–Crippen LogP) is 2.08. The van der Waals surface area contributed by atoms with E-state index in [9.17, 15) is 4.79 Å². The second-order valence-corrected chi connectivity index (χ2v) is 5.28. The van der Waals surface area contributed by atoms with Gasteiger partial charge in [-0.3, -0.25) is 4.79 Å². The van der Waals surface area contributed by atoms with Gasteiger partial charge in [0.2, 0.25) is 5.91 Å². The standard InChI is InChI=1S/C18H22N4O/c1-14-7-9-16(10-8-14)22-18(19)21-13-17(23)20-12-11-15-5-3-2-4-6-15/h2-10H,11-13H2,1H3,(H,20,23)(H3,19,21,22). The van der Waals surface area contributed by atoms with Crippen LogP contribution < -0.4 is 16.4 Å². The van der Waals surface area contributed by atoms with E-state index in [-0.39, 0.29) is 18.4 Å². The summed E-state index contributed by atoms with van der Waals surface area (Å²) in [6, 6.07) is 17.8. The predicted molar refractivity (Wildman–Crippen MR) is 94.4 cm³/mol. The van der Waals surface area contributed by atoms with Crippen LogP contribution in [0.25, 0.3) is 0 Å². The number of hydrogen-bond donors (Lipinski definition) is 3. The van der Waals surface area contributed by atoms with E-state index in [1.807, 2.05) is 61.5 Å². The lowest BCUT2D eigenvalue weighted by Gasteiger charge is -2.06. The lowest BCUT2D eigenvalue weighted by atomic mass is 10.1. The van der Waals surface area contributed by atoms with Crippen molar-refractivity contribution in [2.75, 3.05) is 18.4 Å². The van der Waals surface area contributed by atoms with E-state index in [4.69, 9.17) is 5.73 Å². The van der Waals surface area contributed by atoms with Gasteiger partial charge in [0.25, 0.3) is 0 Å². The molecule has 0 aromatic heterocycles. The van der Waals surface area contributed by atoms with Crippen LogP contribution >= 0.6 is 0 Å². The molecule has 4 N–H and O–H groups in total. The third-order valence-electron chi connectivity index (χ3n) is 3.30. The normalized spacial score (nSPS) is 11.1. The SMILES string of the molecule is Cc1ccc(NC(N)=NCC(=O)NCCc2ccccc2)cc1. The van der Waals surface area contributed by atoms with E-state index >= 15 is 0 Å². The summed E-state index contributed by atoms with van der Waals surface area (Å²) in [5.74, 6) is 0.0849. The first-order valence-corrected chi connectivity index (χ1v) is 7.58. The third-order valence-corrected chi connectivity index (χ3v) is 3.30. The molecule has 5 heteroatoms. The number of hydrogen-bond acceptors (Lipinski definition) is 2. The van der Waals surface area contributed by atoms with Crippen molar-refractivity contribution in [3.63, 3.8) is 0 Å². The minimum atomic E-state index is -0.144. The number of guanidine groups is 1. The highest BCUT2D eigenvalue weighted by Crippen LogP contribution is 2.07. The number of nitrogens with two attached hydrogens (primary N) is 1. The van der Waals surface area contributed by atoms with Gasteiger partial charge < -0.3 is 16.4 Å². The molecule has 2 aromatic rings. The second-order valence-electron chi connectivity index (χ2n) is 5.28. The highest BCUT2D eigenvalue weighted by Gasteiger charge is 2.01. The van der Waals surface area contributed by atoms with Crippen molar-refractivity contribution in [2.24, 2.45) is 10.7 Å². The van der Waals surface area contributed by atoms with Gasteiger partial charge in [0.15, 0.2) is 5.96 Å². The molecule has 0 bridgehead atoms. The van der Waals surface area contributed by atoms with Gasteiger partial charge in [0, 0.05) is 12.2 Å².